The number of nitrogens with one attached hydrogen (secondary N) is 1. The molecule has 1 fully saturated rings. The van der Waals surface area contributed by atoms with Crippen molar-refractivity contribution >= 4 is 5.91 Å². The van der Waals surface area contributed by atoms with Gasteiger partial charge in [0.2, 0.25) is 5.91 Å². The second-order valence-electron chi connectivity index (χ2n) is 4.18. The zero-order valence-electron chi connectivity index (χ0n) is 9.12. The Labute approximate surface area is 85.8 Å². The van der Waals surface area contributed by atoms with E-state index >= 15 is 0 Å². The van der Waals surface area contributed by atoms with Crippen molar-refractivity contribution in [2.75, 3.05) is 26.7 Å². The van der Waals surface area contributed by atoms with E-state index < -0.39 is 0 Å². The number of likely N-dealkylation sites (tertiary alicyclic amines) is 1. The van der Waals surface area contributed by atoms with Gasteiger partial charge in [-0.1, -0.05) is 6.92 Å². The number of rotatable bonds is 4. The predicted molar refractivity (Wildman–Crippen MR) is 56.9 cm³/mol. The molecule has 0 aromatic carbocycles. The van der Waals surface area contributed by atoms with Crippen molar-refractivity contribution in [1.82, 2.24) is 10.2 Å². The van der Waals surface area contributed by atoms with E-state index in [2.05, 4.69) is 17.3 Å². The van der Waals surface area contributed by atoms with Crippen LogP contribution < -0.4 is 11.1 Å². The van der Waals surface area contributed by atoms with Crippen LogP contribution in [0, 0.1) is 5.92 Å². The van der Waals surface area contributed by atoms with Crippen molar-refractivity contribution in [2.24, 2.45) is 11.7 Å². The molecule has 1 unspecified atom stereocenters. The molecular formula is C10H21N3O. The fraction of sp³-hybridized carbons (Fsp3) is 0.900. The Kier molecular flexibility index (Phi) is 4.35. The van der Waals surface area contributed by atoms with Gasteiger partial charge in [-0.2, -0.15) is 0 Å². The highest BCUT2D eigenvalue weighted by molar-refractivity contribution is 5.81. The van der Waals surface area contributed by atoms with Crippen LogP contribution >= 0.6 is 0 Å². The standard InChI is InChI=1S/C10H21N3O/c1-3-9(11)10(14)12-6-8-4-5-13(2)7-8/h8-9H,3-7,11H2,1-2H3,(H,12,14)/t8?,9-/m1/s1. The Hall–Kier alpha value is -0.610. The van der Waals surface area contributed by atoms with E-state index in [-0.39, 0.29) is 11.9 Å². The molecule has 0 spiro atoms. The fourth-order valence-corrected chi connectivity index (χ4v) is 1.75. The summed E-state index contributed by atoms with van der Waals surface area (Å²) in [5.41, 5.74) is 5.61. The number of hydrogen-bond acceptors (Lipinski definition) is 3. The minimum atomic E-state index is -0.339. The van der Waals surface area contributed by atoms with Crippen LogP contribution in [0.25, 0.3) is 0 Å². The molecule has 1 saturated heterocycles. The first-order chi connectivity index (χ1) is 6.63. The van der Waals surface area contributed by atoms with Crippen molar-refractivity contribution in [1.29, 1.82) is 0 Å². The number of carbonyl (C=O) groups excluding carboxylic acids is 1. The molecule has 0 radical (unpaired) electrons. The smallest absolute Gasteiger partial charge is 0.236 e. The first-order valence-corrected chi connectivity index (χ1v) is 5.35. The van der Waals surface area contributed by atoms with Crippen molar-refractivity contribution in [2.45, 2.75) is 25.8 Å². The summed E-state index contributed by atoms with van der Waals surface area (Å²) in [6.07, 6.45) is 1.88. The number of carbonyl (C=O) groups is 1. The van der Waals surface area contributed by atoms with Gasteiger partial charge in [-0.05, 0) is 32.4 Å². The highest BCUT2D eigenvalue weighted by Crippen LogP contribution is 2.12. The summed E-state index contributed by atoms with van der Waals surface area (Å²) >= 11 is 0. The topological polar surface area (TPSA) is 58.4 Å². The van der Waals surface area contributed by atoms with Crippen LogP contribution in [0.15, 0.2) is 0 Å². The molecule has 1 heterocycles. The first kappa shape index (κ1) is 11.5. The van der Waals surface area contributed by atoms with Crippen molar-refractivity contribution in [3.63, 3.8) is 0 Å². The summed E-state index contributed by atoms with van der Waals surface area (Å²) in [5.74, 6) is 0.593. The van der Waals surface area contributed by atoms with E-state index in [1.54, 1.807) is 0 Å². The quantitative estimate of drug-likeness (QED) is 0.659. The van der Waals surface area contributed by atoms with Crippen LogP contribution in [0.2, 0.25) is 0 Å². The largest absolute Gasteiger partial charge is 0.354 e. The van der Waals surface area contributed by atoms with Gasteiger partial charge >= 0.3 is 0 Å². The minimum absolute atomic E-state index is 0.0120. The molecule has 0 aromatic rings. The lowest BCUT2D eigenvalue weighted by Gasteiger charge is -2.14. The van der Waals surface area contributed by atoms with Gasteiger partial charge in [0, 0.05) is 13.1 Å². The molecule has 1 rings (SSSR count). The summed E-state index contributed by atoms with van der Waals surface area (Å²) in [5, 5.41) is 2.91. The summed E-state index contributed by atoms with van der Waals surface area (Å²) in [6.45, 7) is 4.92. The van der Waals surface area contributed by atoms with Gasteiger partial charge in [0.05, 0.1) is 6.04 Å². The van der Waals surface area contributed by atoms with Gasteiger partial charge < -0.3 is 16.0 Å². The number of hydrogen-bond donors (Lipinski definition) is 2. The SMILES string of the molecule is CC[C@@H](N)C(=O)NCC1CCN(C)C1. The molecule has 4 nitrogen and oxygen atoms in total. The number of nitrogens with zero attached hydrogens (tertiary/aromatic N) is 1. The Morgan fingerprint density at radius 3 is 2.93 bits per heavy atom. The average molecular weight is 199 g/mol. The molecule has 1 aliphatic rings. The molecule has 4 heteroatoms. The van der Waals surface area contributed by atoms with Crippen LogP contribution in [-0.4, -0.2) is 43.5 Å². The Bertz CT molecular complexity index is 196. The molecule has 0 aliphatic carbocycles. The predicted octanol–water partition coefficient (Wildman–Crippen LogP) is -0.208. The molecule has 1 aliphatic heterocycles. The van der Waals surface area contributed by atoms with E-state index in [4.69, 9.17) is 5.73 Å². The summed E-state index contributed by atoms with van der Waals surface area (Å²) in [6, 6.07) is -0.339. The zero-order valence-corrected chi connectivity index (χ0v) is 9.12. The molecular weight excluding hydrogens is 178 g/mol. The lowest BCUT2D eigenvalue weighted by Crippen LogP contribution is -2.42. The second kappa shape index (κ2) is 5.32. The molecule has 1 amide bonds. The zero-order chi connectivity index (χ0) is 10.6. The third-order valence-electron chi connectivity index (χ3n) is 2.83. The van der Waals surface area contributed by atoms with Gasteiger partial charge in [-0.15, -0.1) is 0 Å². The van der Waals surface area contributed by atoms with Gasteiger partial charge in [-0.3, -0.25) is 4.79 Å². The third kappa shape index (κ3) is 3.27. The molecule has 2 atom stereocenters. The maximum absolute atomic E-state index is 11.4. The Morgan fingerprint density at radius 2 is 2.43 bits per heavy atom. The highest BCUT2D eigenvalue weighted by atomic mass is 16.2. The minimum Gasteiger partial charge on any atom is -0.354 e. The van der Waals surface area contributed by atoms with Crippen LogP contribution in [0.1, 0.15) is 19.8 Å². The maximum atomic E-state index is 11.4. The second-order valence-corrected chi connectivity index (χ2v) is 4.18. The third-order valence-corrected chi connectivity index (χ3v) is 2.83. The molecule has 3 N–H and O–H groups in total. The fourth-order valence-electron chi connectivity index (χ4n) is 1.75. The van der Waals surface area contributed by atoms with Crippen molar-refractivity contribution in [3.8, 4) is 0 Å². The Balaban J connectivity index is 2.17. The van der Waals surface area contributed by atoms with Crippen molar-refractivity contribution < 1.29 is 4.79 Å². The van der Waals surface area contributed by atoms with E-state index in [0.29, 0.717) is 12.3 Å². The molecule has 14 heavy (non-hydrogen) atoms. The van der Waals surface area contributed by atoms with Crippen LogP contribution in [-0.2, 0) is 4.79 Å². The van der Waals surface area contributed by atoms with Crippen LogP contribution in [0.5, 0.6) is 0 Å². The normalized spacial score (nSPS) is 24.9. The van der Waals surface area contributed by atoms with E-state index in [0.717, 1.165) is 19.6 Å². The van der Waals surface area contributed by atoms with E-state index in [1.807, 2.05) is 6.92 Å². The lowest BCUT2D eigenvalue weighted by molar-refractivity contribution is -0.122. The maximum Gasteiger partial charge on any atom is 0.236 e. The summed E-state index contributed by atoms with van der Waals surface area (Å²) in [7, 11) is 2.11. The van der Waals surface area contributed by atoms with Gasteiger partial charge in [0.15, 0.2) is 0 Å². The highest BCUT2D eigenvalue weighted by Gasteiger charge is 2.20. The van der Waals surface area contributed by atoms with Crippen LogP contribution in [0.4, 0.5) is 0 Å². The number of amides is 1. The van der Waals surface area contributed by atoms with Gasteiger partial charge in [0.25, 0.3) is 0 Å². The van der Waals surface area contributed by atoms with Crippen molar-refractivity contribution in [3.05, 3.63) is 0 Å². The molecule has 0 saturated carbocycles. The number of nitrogens with two attached hydrogens (primary N) is 1. The summed E-state index contributed by atoms with van der Waals surface area (Å²) in [4.78, 5) is 13.7. The van der Waals surface area contributed by atoms with Gasteiger partial charge in [0.1, 0.15) is 0 Å². The Morgan fingerprint density at radius 1 is 1.71 bits per heavy atom. The molecule has 0 bridgehead atoms. The average Bonchev–Trinajstić information content (AvgIpc) is 2.59. The molecule has 0 aromatic heterocycles. The van der Waals surface area contributed by atoms with E-state index in [1.165, 1.54) is 6.42 Å². The first-order valence-electron chi connectivity index (χ1n) is 5.35. The summed E-state index contributed by atoms with van der Waals surface area (Å²) < 4.78 is 0. The molecule has 82 valence electrons. The van der Waals surface area contributed by atoms with Crippen LogP contribution in [0.3, 0.4) is 0 Å². The van der Waals surface area contributed by atoms with Gasteiger partial charge in [-0.25, -0.2) is 0 Å². The monoisotopic (exact) mass is 199 g/mol. The lowest BCUT2D eigenvalue weighted by atomic mass is 10.1. The van der Waals surface area contributed by atoms with E-state index in [9.17, 15) is 4.79 Å².